The van der Waals surface area contributed by atoms with Crippen LogP contribution in [0.3, 0.4) is 0 Å². The summed E-state index contributed by atoms with van der Waals surface area (Å²) < 4.78 is 38.3. The van der Waals surface area contributed by atoms with Gasteiger partial charge in [0.15, 0.2) is 0 Å². The van der Waals surface area contributed by atoms with E-state index >= 15 is 0 Å². The van der Waals surface area contributed by atoms with E-state index in [0.717, 1.165) is 40.6 Å². The van der Waals surface area contributed by atoms with E-state index in [0.29, 0.717) is 11.8 Å². The van der Waals surface area contributed by atoms with Crippen LogP contribution in [0.25, 0.3) is 6.08 Å². The number of nitrogens with zero attached hydrogens (tertiary/aromatic N) is 1. The highest BCUT2D eigenvalue weighted by Crippen LogP contribution is 2.33. The van der Waals surface area contributed by atoms with Gasteiger partial charge in [0.05, 0.1) is 10.5 Å². The van der Waals surface area contributed by atoms with Gasteiger partial charge in [0, 0.05) is 5.69 Å². The van der Waals surface area contributed by atoms with Crippen LogP contribution in [0.5, 0.6) is 0 Å². The van der Waals surface area contributed by atoms with Crippen molar-refractivity contribution in [2.24, 2.45) is 0 Å². The van der Waals surface area contributed by atoms with Gasteiger partial charge in [-0.3, -0.25) is 19.3 Å². The molecule has 5 nitrogen and oxygen atoms in total. The van der Waals surface area contributed by atoms with Crippen LogP contribution in [0.4, 0.5) is 23.7 Å². The minimum atomic E-state index is -4.55. The smallest absolute Gasteiger partial charge is 0.325 e. The van der Waals surface area contributed by atoms with E-state index in [9.17, 15) is 27.6 Å². The number of imide groups is 1. The quantitative estimate of drug-likeness (QED) is 0.677. The molecule has 3 rings (SSSR count). The fraction of sp³-hybridized carbons (Fsp3) is 0.190. The Morgan fingerprint density at radius 2 is 1.83 bits per heavy atom. The molecule has 0 aromatic heterocycles. The van der Waals surface area contributed by atoms with Crippen molar-refractivity contribution < 1.29 is 27.6 Å². The largest absolute Gasteiger partial charge is 0.416 e. The summed E-state index contributed by atoms with van der Waals surface area (Å²) in [6.45, 7) is 1.43. The Labute approximate surface area is 174 Å². The SMILES string of the molecule is CCc1ccc(C=C2SC(=O)N(CC(=O)Nc3cccc(C(F)(F)F)c3)C2=O)cc1. The van der Waals surface area contributed by atoms with Gasteiger partial charge in [-0.05, 0) is 53.6 Å². The fourth-order valence-electron chi connectivity index (χ4n) is 2.75. The summed E-state index contributed by atoms with van der Waals surface area (Å²) in [6.07, 6.45) is -2.11. The van der Waals surface area contributed by atoms with E-state index in [-0.39, 0.29) is 10.6 Å². The third-order valence-electron chi connectivity index (χ3n) is 4.33. The summed E-state index contributed by atoms with van der Waals surface area (Å²) >= 11 is 0.710. The molecule has 1 aliphatic heterocycles. The molecule has 0 saturated carbocycles. The molecule has 2 aromatic rings. The molecule has 1 N–H and O–H groups in total. The number of nitrogens with one attached hydrogen (secondary N) is 1. The first-order valence-corrected chi connectivity index (χ1v) is 9.80. The number of amides is 3. The van der Waals surface area contributed by atoms with Crippen LogP contribution < -0.4 is 5.32 Å². The van der Waals surface area contributed by atoms with E-state index < -0.39 is 35.3 Å². The predicted octanol–water partition coefficient (Wildman–Crippen LogP) is 4.94. The second kappa shape index (κ2) is 8.74. The van der Waals surface area contributed by atoms with Gasteiger partial charge in [-0.25, -0.2) is 0 Å². The zero-order chi connectivity index (χ0) is 21.9. The molecule has 2 aromatic carbocycles. The number of alkyl halides is 3. The van der Waals surface area contributed by atoms with Crippen molar-refractivity contribution in [3.05, 3.63) is 70.1 Å². The van der Waals surface area contributed by atoms with Gasteiger partial charge in [-0.1, -0.05) is 37.3 Å². The Morgan fingerprint density at radius 3 is 2.47 bits per heavy atom. The molecule has 0 spiro atoms. The molecule has 9 heteroatoms. The van der Waals surface area contributed by atoms with Crippen molar-refractivity contribution in [2.75, 3.05) is 11.9 Å². The maximum absolute atomic E-state index is 12.8. The van der Waals surface area contributed by atoms with Crippen LogP contribution in [-0.4, -0.2) is 28.5 Å². The number of aryl methyl sites for hydroxylation is 1. The number of thioether (sulfide) groups is 1. The lowest BCUT2D eigenvalue weighted by Gasteiger charge is -2.13. The Balaban J connectivity index is 1.68. The van der Waals surface area contributed by atoms with Crippen molar-refractivity contribution in [3.8, 4) is 0 Å². The normalized spacial score (nSPS) is 15.7. The van der Waals surface area contributed by atoms with Gasteiger partial charge in [-0.15, -0.1) is 0 Å². The standard InChI is InChI=1S/C21H17F3N2O3S/c1-2-13-6-8-14(9-7-13)10-17-19(28)26(20(29)30-17)12-18(27)25-16-5-3-4-15(11-16)21(22,23)24/h3-11H,2,12H2,1H3,(H,25,27). The van der Waals surface area contributed by atoms with E-state index in [4.69, 9.17) is 0 Å². The number of anilines is 1. The van der Waals surface area contributed by atoms with E-state index in [1.165, 1.54) is 6.07 Å². The topological polar surface area (TPSA) is 66.5 Å². The molecule has 1 heterocycles. The number of hydrogen-bond donors (Lipinski definition) is 1. The van der Waals surface area contributed by atoms with Crippen LogP contribution in [0.15, 0.2) is 53.4 Å². The molecule has 30 heavy (non-hydrogen) atoms. The molecule has 1 fully saturated rings. The second-order valence-corrected chi connectivity index (χ2v) is 7.48. The molecular weight excluding hydrogens is 417 g/mol. The summed E-state index contributed by atoms with van der Waals surface area (Å²) in [7, 11) is 0. The maximum atomic E-state index is 12.8. The zero-order valence-electron chi connectivity index (χ0n) is 15.8. The lowest BCUT2D eigenvalue weighted by molar-refractivity contribution is -0.137. The predicted molar refractivity (Wildman–Crippen MR) is 109 cm³/mol. The molecule has 0 aliphatic carbocycles. The van der Waals surface area contributed by atoms with Crippen molar-refractivity contribution in [1.82, 2.24) is 4.90 Å². The molecule has 1 aliphatic rings. The molecule has 3 amide bonds. The lowest BCUT2D eigenvalue weighted by atomic mass is 10.1. The minimum Gasteiger partial charge on any atom is -0.325 e. The fourth-order valence-corrected chi connectivity index (χ4v) is 3.59. The molecule has 156 valence electrons. The molecule has 0 radical (unpaired) electrons. The molecule has 0 atom stereocenters. The van der Waals surface area contributed by atoms with Crippen molar-refractivity contribution in [2.45, 2.75) is 19.5 Å². The summed E-state index contributed by atoms with van der Waals surface area (Å²) in [5, 5.41) is 1.67. The van der Waals surface area contributed by atoms with Gasteiger partial charge >= 0.3 is 6.18 Å². The molecule has 0 unspecified atom stereocenters. The van der Waals surface area contributed by atoms with E-state index in [1.807, 2.05) is 31.2 Å². The average Bonchev–Trinajstić information content (AvgIpc) is 2.95. The summed E-state index contributed by atoms with van der Waals surface area (Å²) in [4.78, 5) is 37.8. The number of carbonyl (C=O) groups excluding carboxylic acids is 3. The summed E-state index contributed by atoms with van der Waals surface area (Å²) in [5.41, 5.74) is 0.884. The number of hydrogen-bond acceptors (Lipinski definition) is 4. The molecule has 1 saturated heterocycles. The van der Waals surface area contributed by atoms with Crippen molar-refractivity contribution in [3.63, 3.8) is 0 Å². The van der Waals surface area contributed by atoms with Crippen LogP contribution in [0.1, 0.15) is 23.6 Å². The van der Waals surface area contributed by atoms with Crippen molar-refractivity contribution >= 4 is 40.6 Å². The third kappa shape index (κ3) is 5.10. The summed E-state index contributed by atoms with van der Waals surface area (Å²) in [6, 6.07) is 11.6. The van der Waals surface area contributed by atoms with Gasteiger partial charge < -0.3 is 5.32 Å². The van der Waals surface area contributed by atoms with E-state index in [1.54, 1.807) is 6.08 Å². The second-order valence-electron chi connectivity index (χ2n) is 6.49. The average molecular weight is 434 g/mol. The highest BCUT2D eigenvalue weighted by molar-refractivity contribution is 8.18. The maximum Gasteiger partial charge on any atom is 0.416 e. The van der Waals surface area contributed by atoms with Crippen LogP contribution in [0, 0.1) is 0 Å². The van der Waals surface area contributed by atoms with Gasteiger partial charge in [0.2, 0.25) is 5.91 Å². The first kappa shape index (κ1) is 21.6. The highest BCUT2D eigenvalue weighted by atomic mass is 32.2. The minimum absolute atomic E-state index is 0.0756. The zero-order valence-corrected chi connectivity index (χ0v) is 16.6. The van der Waals surface area contributed by atoms with E-state index in [2.05, 4.69) is 5.32 Å². The van der Waals surface area contributed by atoms with Gasteiger partial charge in [0.1, 0.15) is 6.54 Å². The Hall–Kier alpha value is -3.07. The Kier molecular flexibility index (Phi) is 6.31. The van der Waals surface area contributed by atoms with Gasteiger partial charge in [0.25, 0.3) is 11.1 Å². The number of carbonyl (C=O) groups is 3. The van der Waals surface area contributed by atoms with Crippen molar-refractivity contribution in [1.29, 1.82) is 0 Å². The molecule has 0 bridgehead atoms. The number of rotatable bonds is 5. The molecular formula is C21H17F3N2O3S. The Morgan fingerprint density at radius 1 is 1.13 bits per heavy atom. The van der Waals surface area contributed by atoms with Crippen LogP contribution in [0.2, 0.25) is 0 Å². The summed E-state index contributed by atoms with van der Waals surface area (Å²) in [5.74, 6) is -1.39. The number of benzene rings is 2. The Bertz CT molecular complexity index is 1020. The van der Waals surface area contributed by atoms with Crippen LogP contribution >= 0.6 is 11.8 Å². The third-order valence-corrected chi connectivity index (χ3v) is 5.24. The number of halogens is 3. The lowest BCUT2D eigenvalue weighted by Crippen LogP contribution is -2.36. The first-order valence-electron chi connectivity index (χ1n) is 8.99. The monoisotopic (exact) mass is 434 g/mol. The van der Waals surface area contributed by atoms with Gasteiger partial charge in [-0.2, -0.15) is 13.2 Å². The van der Waals surface area contributed by atoms with Crippen LogP contribution in [-0.2, 0) is 22.2 Å². The highest BCUT2D eigenvalue weighted by Gasteiger charge is 2.36. The first-order chi connectivity index (χ1) is 14.2.